The first-order valence-corrected chi connectivity index (χ1v) is 11.8. The highest BCUT2D eigenvalue weighted by Gasteiger charge is 2.25. The van der Waals surface area contributed by atoms with E-state index < -0.39 is 17.2 Å². The van der Waals surface area contributed by atoms with E-state index >= 15 is 0 Å². The highest BCUT2D eigenvalue weighted by atomic mass is 35.5. The van der Waals surface area contributed by atoms with Crippen LogP contribution in [0.5, 0.6) is 0 Å². The van der Waals surface area contributed by atoms with Gasteiger partial charge in [0.1, 0.15) is 0 Å². The summed E-state index contributed by atoms with van der Waals surface area (Å²) in [4.78, 5) is 17.8. The van der Waals surface area contributed by atoms with Crippen molar-refractivity contribution in [3.8, 4) is 0 Å². The number of pyridine rings is 1. The molecule has 1 heterocycles. The number of amides is 1. The van der Waals surface area contributed by atoms with Crippen LogP contribution in [0.1, 0.15) is 35.3 Å². The smallest absolute Gasteiger partial charge is 0.266 e. The lowest BCUT2D eigenvalue weighted by Crippen LogP contribution is -2.30. The van der Waals surface area contributed by atoms with Gasteiger partial charge in [-0.3, -0.25) is 14.3 Å². The monoisotopic (exact) mass is 479 g/mol. The molecule has 0 aliphatic rings. The van der Waals surface area contributed by atoms with Gasteiger partial charge >= 0.3 is 0 Å². The number of anilines is 2. The number of hydrogen-bond donors (Lipinski definition) is 2. The topological polar surface area (TPSA) is 82.5 Å². The molecule has 2 unspecified atom stereocenters. The zero-order valence-corrected chi connectivity index (χ0v) is 19.4. The van der Waals surface area contributed by atoms with E-state index in [9.17, 15) is 13.6 Å². The molecule has 168 valence electrons. The molecule has 0 saturated heterocycles. The molecule has 0 aliphatic heterocycles. The Hall–Kier alpha value is -3.26. The summed E-state index contributed by atoms with van der Waals surface area (Å²) in [5.74, 6) is -0.396. The zero-order valence-electron chi connectivity index (χ0n) is 17.8. The minimum Gasteiger partial charge on any atom is -0.345 e. The minimum absolute atomic E-state index is 0.187. The molecule has 2 N–H and O–H groups in total. The molecule has 3 aromatic carbocycles. The molecule has 0 bridgehead atoms. The SMILES string of the molecule is CCC(NC(=O)c1cc(Cl)ccc1N(c1cccc2cccnc12)S(=O)O)c1ccccc1. The highest BCUT2D eigenvalue weighted by molar-refractivity contribution is 7.81. The van der Waals surface area contributed by atoms with Gasteiger partial charge in [-0.15, -0.1) is 0 Å². The number of carbonyl (C=O) groups is 1. The van der Waals surface area contributed by atoms with Gasteiger partial charge in [0.25, 0.3) is 17.2 Å². The lowest BCUT2D eigenvalue weighted by molar-refractivity contribution is 0.0936. The van der Waals surface area contributed by atoms with Crippen molar-refractivity contribution >= 4 is 51.1 Å². The van der Waals surface area contributed by atoms with Crippen LogP contribution < -0.4 is 9.62 Å². The van der Waals surface area contributed by atoms with E-state index in [1.807, 2.05) is 49.4 Å². The normalized spacial score (nSPS) is 12.8. The largest absolute Gasteiger partial charge is 0.345 e. The van der Waals surface area contributed by atoms with Crippen molar-refractivity contribution in [3.63, 3.8) is 0 Å². The fourth-order valence-corrected chi connectivity index (χ4v) is 4.57. The van der Waals surface area contributed by atoms with E-state index in [4.69, 9.17) is 11.6 Å². The van der Waals surface area contributed by atoms with Crippen LogP contribution in [0.25, 0.3) is 10.9 Å². The summed E-state index contributed by atoms with van der Waals surface area (Å²) in [6.45, 7) is 1.98. The van der Waals surface area contributed by atoms with Gasteiger partial charge in [-0.1, -0.05) is 67.1 Å². The third-order valence-electron chi connectivity index (χ3n) is 5.32. The summed E-state index contributed by atoms with van der Waals surface area (Å²) in [6, 6.07) is 23.1. The van der Waals surface area contributed by atoms with E-state index in [1.165, 1.54) is 10.4 Å². The van der Waals surface area contributed by atoms with Crippen LogP contribution >= 0.6 is 11.6 Å². The van der Waals surface area contributed by atoms with Crippen molar-refractivity contribution < 1.29 is 13.6 Å². The maximum atomic E-state index is 13.4. The first-order valence-electron chi connectivity index (χ1n) is 10.4. The van der Waals surface area contributed by atoms with Crippen molar-refractivity contribution in [1.82, 2.24) is 10.3 Å². The third-order valence-corrected chi connectivity index (χ3v) is 6.26. The maximum absolute atomic E-state index is 13.4. The Labute approximate surface area is 199 Å². The standard InChI is InChI=1S/C25H22ClN3O3S/c1-2-21(17-8-4-3-5-9-17)28-25(30)20-16-19(26)13-14-22(20)29(33(31)32)23-12-6-10-18-11-7-15-27-24(18)23/h3-16,21H,2H2,1H3,(H,28,30)(H,31,32). The van der Waals surface area contributed by atoms with E-state index in [0.717, 1.165) is 10.9 Å². The lowest BCUT2D eigenvalue weighted by Gasteiger charge is -2.25. The molecular weight excluding hydrogens is 458 g/mol. The van der Waals surface area contributed by atoms with Crippen LogP contribution in [0, 0.1) is 0 Å². The number of nitrogens with one attached hydrogen (secondary N) is 1. The first-order chi connectivity index (χ1) is 16.0. The maximum Gasteiger partial charge on any atom is 0.266 e. The van der Waals surface area contributed by atoms with Crippen molar-refractivity contribution in [2.45, 2.75) is 19.4 Å². The quantitative estimate of drug-likeness (QED) is 0.316. The van der Waals surface area contributed by atoms with Gasteiger partial charge in [-0.05, 0) is 42.3 Å². The molecule has 0 fully saturated rings. The molecular formula is C25H22ClN3O3S. The van der Waals surface area contributed by atoms with Crippen molar-refractivity contribution in [3.05, 3.63) is 101 Å². The Kier molecular flexibility index (Phi) is 7.03. The number of nitrogens with zero attached hydrogens (tertiary/aromatic N) is 2. The van der Waals surface area contributed by atoms with E-state index in [1.54, 1.807) is 36.5 Å². The molecule has 0 aliphatic carbocycles. The summed E-state index contributed by atoms with van der Waals surface area (Å²) in [6.07, 6.45) is 2.29. The fourth-order valence-electron chi connectivity index (χ4n) is 3.76. The van der Waals surface area contributed by atoms with Crippen molar-refractivity contribution in [2.75, 3.05) is 4.31 Å². The van der Waals surface area contributed by atoms with Gasteiger partial charge in [0.05, 0.1) is 28.5 Å². The van der Waals surface area contributed by atoms with Gasteiger partial charge in [0, 0.05) is 16.6 Å². The number of rotatable bonds is 7. The summed E-state index contributed by atoms with van der Waals surface area (Å²) in [7, 11) is 0. The van der Waals surface area contributed by atoms with Crippen LogP contribution in [0.3, 0.4) is 0 Å². The van der Waals surface area contributed by atoms with Gasteiger partial charge in [-0.25, -0.2) is 8.51 Å². The number of benzene rings is 3. The van der Waals surface area contributed by atoms with Crippen LogP contribution in [0.4, 0.5) is 11.4 Å². The number of para-hydroxylation sites is 1. The van der Waals surface area contributed by atoms with Crippen LogP contribution in [0.2, 0.25) is 5.02 Å². The molecule has 4 rings (SSSR count). The second-order valence-electron chi connectivity index (χ2n) is 7.38. The fraction of sp³-hybridized carbons (Fsp3) is 0.120. The molecule has 0 radical (unpaired) electrons. The van der Waals surface area contributed by atoms with Crippen LogP contribution in [-0.4, -0.2) is 19.7 Å². The van der Waals surface area contributed by atoms with Gasteiger partial charge in [0.15, 0.2) is 0 Å². The molecule has 1 amide bonds. The van der Waals surface area contributed by atoms with Gasteiger partial charge in [-0.2, -0.15) is 0 Å². The van der Waals surface area contributed by atoms with E-state index in [2.05, 4.69) is 10.3 Å². The Morgan fingerprint density at radius 1 is 1.06 bits per heavy atom. The van der Waals surface area contributed by atoms with E-state index in [0.29, 0.717) is 22.6 Å². The van der Waals surface area contributed by atoms with Crippen molar-refractivity contribution in [2.24, 2.45) is 0 Å². The molecule has 8 heteroatoms. The third kappa shape index (κ3) is 4.90. The number of aromatic nitrogens is 1. The first kappa shape index (κ1) is 22.9. The lowest BCUT2D eigenvalue weighted by atomic mass is 10.0. The minimum atomic E-state index is -2.47. The number of carbonyl (C=O) groups excluding carboxylic acids is 1. The Bertz CT molecular complexity index is 1310. The Morgan fingerprint density at radius 2 is 1.82 bits per heavy atom. The predicted molar refractivity (Wildman–Crippen MR) is 133 cm³/mol. The average molecular weight is 480 g/mol. The highest BCUT2D eigenvalue weighted by Crippen LogP contribution is 2.35. The van der Waals surface area contributed by atoms with Crippen LogP contribution in [-0.2, 0) is 11.3 Å². The summed E-state index contributed by atoms with van der Waals surface area (Å²) in [5, 5.41) is 4.18. The Balaban J connectivity index is 1.79. The average Bonchev–Trinajstić information content (AvgIpc) is 2.84. The summed E-state index contributed by atoms with van der Waals surface area (Å²) in [5.41, 5.74) is 2.35. The number of halogens is 1. The molecule has 0 saturated carbocycles. The number of hydrogen-bond acceptors (Lipinski definition) is 3. The molecule has 4 aromatic rings. The summed E-state index contributed by atoms with van der Waals surface area (Å²) < 4.78 is 24.0. The predicted octanol–water partition coefficient (Wildman–Crippen LogP) is 6.04. The summed E-state index contributed by atoms with van der Waals surface area (Å²) >= 11 is 3.75. The van der Waals surface area contributed by atoms with Crippen molar-refractivity contribution in [1.29, 1.82) is 0 Å². The zero-order chi connectivity index (χ0) is 23.4. The molecule has 2 atom stereocenters. The second kappa shape index (κ2) is 10.1. The molecule has 33 heavy (non-hydrogen) atoms. The molecule has 0 spiro atoms. The Morgan fingerprint density at radius 3 is 2.55 bits per heavy atom. The number of fused-ring (bicyclic) bond motifs is 1. The molecule has 1 aromatic heterocycles. The van der Waals surface area contributed by atoms with E-state index in [-0.39, 0.29) is 17.3 Å². The van der Waals surface area contributed by atoms with Gasteiger partial charge in [0.2, 0.25) is 0 Å². The van der Waals surface area contributed by atoms with Gasteiger partial charge < -0.3 is 5.32 Å². The second-order valence-corrected chi connectivity index (χ2v) is 8.65. The molecule has 6 nitrogen and oxygen atoms in total. The van der Waals surface area contributed by atoms with Crippen LogP contribution in [0.15, 0.2) is 85.1 Å².